The molecule has 0 aliphatic carbocycles. The predicted octanol–water partition coefficient (Wildman–Crippen LogP) is 1.99. The van der Waals surface area contributed by atoms with Crippen LogP contribution in [0.25, 0.3) is 0 Å². The summed E-state index contributed by atoms with van der Waals surface area (Å²) in [6.07, 6.45) is -0.817. The fraction of sp³-hybridized carbons (Fsp3) is 0.300. The minimum absolute atomic E-state index is 0.164. The third kappa shape index (κ3) is 5.12. The topological polar surface area (TPSA) is 109 Å². The average molecular weight is 415 g/mol. The lowest BCUT2D eigenvalue weighted by atomic mass is 10.2. The molecular weight excluding hydrogens is 394 g/mol. The number of morpholine rings is 1. The largest absolute Gasteiger partial charge is 0.481 e. The lowest BCUT2D eigenvalue weighted by Crippen LogP contribution is -2.40. The summed E-state index contributed by atoms with van der Waals surface area (Å²) in [5.74, 6) is -0.00976. The first-order valence-corrected chi connectivity index (χ1v) is 10.5. The first kappa shape index (κ1) is 20.8. The van der Waals surface area contributed by atoms with Crippen LogP contribution in [0.2, 0.25) is 0 Å². The highest BCUT2D eigenvalue weighted by atomic mass is 32.2. The summed E-state index contributed by atoms with van der Waals surface area (Å²) in [5, 5.41) is 11.6. The maximum atomic E-state index is 12.6. The number of hydrogen-bond acceptors (Lipinski definition) is 6. The molecule has 29 heavy (non-hydrogen) atoms. The Kier molecular flexibility index (Phi) is 6.49. The molecule has 8 nitrogen and oxygen atoms in total. The number of carbonyl (C=O) groups is 1. The standard InChI is InChI=1S/C20H21N3O5S/c1-15(20(24)22-17-4-2-3-16(13-17)14-21)28-18-5-7-19(8-6-18)29(25,26)23-9-11-27-12-10-23/h2-8,13,15H,9-12H2,1H3,(H,22,24)/t15-/m1/s1. The van der Waals surface area contributed by atoms with E-state index in [2.05, 4.69) is 5.32 Å². The van der Waals surface area contributed by atoms with Gasteiger partial charge in [-0.15, -0.1) is 0 Å². The molecule has 9 heteroatoms. The van der Waals surface area contributed by atoms with Gasteiger partial charge in [0.05, 0.1) is 29.7 Å². The molecule has 1 saturated heterocycles. The molecule has 0 radical (unpaired) electrons. The van der Waals surface area contributed by atoms with Crippen LogP contribution in [0.15, 0.2) is 53.4 Å². The van der Waals surface area contributed by atoms with Gasteiger partial charge in [0.25, 0.3) is 5.91 Å². The van der Waals surface area contributed by atoms with Crippen LogP contribution in [0.3, 0.4) is 0 Å². The van der Waals surface area contributed by atoms with Crippen molar-refractivity contribution in [2.45, 2.75) is 17.9 Å². The van der Waals surface area contributed by atoms with Crippen LogP contribution < -0.4 is 10.1 Å². The molecule has 0 bridgehead atoms. The van der Waals surface area contributed by atoms with Crippen molar-refractivity contribution >= 4 is 21.6 Å². The smallest absolute Gasteiger partial charge is 0.265 e. The second kappa shape index (κ2) is 9.05. The number of nitriles is 1. The van der Waals surface area contributed by atoms with E-state index in [4.69, 9.17) is 14.7 Å². The highest BCUT2D eigenvalue weighted by Crippen LogP contribution is 2.21. The molecule has 1 aliphatic rings. The normalized spacial score (nSPS) is 15.9. The van der Waals surface area contributed by atoms with Crippen molar-refractivity contribution in [1.29, 1.82) is 5.26 Å². The molecule has 3 rings (SSSR count). The molecular formula is C20H21N3O5S. The summed E-state index contributed by atoms with van der Waals surface area (Å²) in [4.78, 5) is 12.5. The number of ether oxygens (including phenoxy) is 2. The minimum Gasteiger partial charge on any atom is -0.481 e. The van der Waals surface area contributed by atoms with Gasteiger partial charge in [-0.2, -0.15) is 9.57 Å². The first-order chi connectivity index (χ1) is 13.9. The zero-order chi connectivity index (χ0) is 20.9. The summed E-state index contributed by atoms with van der Waals surface area (Å²) in [5.41, 5.74) is 0.935. The fourth-order valence-corrected chi connectivity index (χ4v) is 4.20. The van der Waals surface area contributed by atoms with E-state index in [0.29, 0.717) is 43.3 Å². The monoisotopic (exact) mass is 415 g/mol. The summed E-state index contributed by atoms with van der Waals surface area (Å²) in [7, 11) is -3.58. The van der Waals surface area contributed by atoms with Gasteiger partial charge in [-0.3, -0.25) is 4.79 Å². The van der Waals surface area contributed by atoms with E-state index >= 15 is 0 Å². The van der Waals surface area contributed by atoms with Crippen LogP contribution in [0.1, 0.15) is 12.5 Å². The molecule has 0 unspecified atom stereocenters. The molecule has 0 aromatic heterocycles. The molecule has 1 atom stereocenters. The summed E-state index contributed by atoms with van der Waals surface area (Å²) in [6.45, 7) is 2.99. The maximum absolute atomic E-state index is 12.6. The van der Waals surface area contributed by atoms with E-state index in [1.165, 1.54) is 28.6 Å². The summed E-state index contributed by atoms with van der Waals surface area (Å²) in [6, 6.07) is 14.5. The van der Waals surface area contributed by atoms with Crippen molar-refractivity contribution in [2.24, 2.45) is 0 Å². The zero-order valence-electron chi connectivity index (χ0n) is 15.9. The van der Waals surface area contributed by atoms with E-state index in [1.54, 1.807) is 31.2 Å². The van der Waals surface area contributed by atoms with Crippen LogP contribution in [0.5, 0.6) is 5.75 Å². The molecule has 1 fully saturated rings. The first-order valence-electron chi connectivity index (χ1n) is 9.06. The molecule has 0 saturated carbocycles. The van der Waals surface area contributed by atoms with Gasteiger partial charge in [-0.1, -0.05) is 6.07 Å². The van der Waals surface area contributed by atoms with Gasteiger partial charge >= 0.3 is 0 Å². The number of benzene rings is 2. The van der Waals surface area contributed by atoms with E-state index in [9.17, 15) is 13.2 Å². The zero-order valence-corrected chi connectivity index (χ0v) is 16.7. The summed E-state index contributed by atoms with van der Waals surface area (Å²) >= 11 is 0. The quantitative estimate of drug-likeness (QED) is 0.773. The number of sulfonamides is 1. The highest BCUT2D eigenvalue weighted by Gasteiger charge is 2.26. The van der Waals surface area contributed by atoms with Gasteiger partial charge in [0.1, 0.15) is 5.75 Å². The molecule has 1 amide bonds. The van der Waals surface area contributed by atoms with Gasteiger partial charge in [0.15, 0.2) is 6.10 Å². The Morgan fingerprint density at radius 3 is 2.55 bits per heavy atom. The predicted molar refractivity (Wildman–Crippen MR) is 106 cm³/mol. The van der Waals surface area contributed by atoms with Crippen molar-refractivity contribution in [3.63, 3.8) is 0 Å². The van der Waals surface area contributed by atoms with Crippen LogP contribution in [-0.4, -0.2) is 51.0 Å². The van der Waals surface area contributed by atoms with Crippen molar-refractivity contribution < 1.29 is 22.7 Å². The van der Waals surface area contributed by atoms with Crippen LogP contribution in [-0.2, 0) is 19.6 Å². The van der Waals surface area contributed by atoms with Crippen LogP contribution >= 0.6 is 0 Å². The summed E-state index contributed by atoms with van der Waals surface area (Å²) < 4.78 is 37.4. The Morgan fingerprint density at radius 1 is 1.21 bits per heavy atom. The Bertz CT molecular complexity index is 1010. The molecule has 152 valence electrons. The van der Waals surface area contributed by atoms with Crippen molar-refractivity contribution in [3.05, 3.63) is 54.1 Å². The van der Waals surface area contributed by atoms with Crippen molar-refractivity contribution in [2.75, 3.05) is 31.6 Å². The van der Waals surface area contributed by atoms with Gasteiger partial charge < -0.3 is 14.8 Å². The third-order valence-electron chi connectivity index (χ3n) is 4.37. The molecule has 1 aliphatic heterocycles. The van der Waals surface area contributed by atoms with E-state index in [0.717, 1.165) is 0 Å². The fourth-order valence-electron chi connectivity index (χ4n) is 2.79. The third-order valence-corrected chi connectivity index (χ3v) is 6.29. The lowest BCUT2D eigenvalue weighted by Gasteiger charge is -2.26. The molecule has 2 aromatic rings. The lowest BCUT2D eigenvalue weighted by molar-refractivity contribution is -0.122. The number of anilines is 1. The molecule has 1 N–H and O–H groups in total. The van der Waals surface area contributed by atoms with Gasteiger partial charge in [-0.05, 0) is 49.4 Å². The number of amides is 1. The number of nitrogens with zero attached hydrogens (tertiary/aromatic N) is 2. The second-order valence-corrected chi connectivity index (χ2v) is 8.37. The number of rotatable bonds is 6. The van der Waals surface area contributed by atoms with E-state index in [1.807, 2.05) is 6.07 Å². The molecule has 0 spiro atoms. The van der Waals surface area contributed by atoms with Gasteiger partial charge in [0.2, 0.25) is 10.0 Å². The Morgan fingerprint density at radius 2 is 1.90 bits per heavy atom. The van der Waals surface area contributed by atoms with Crippen LogP contribution in [0, 0.1) is 11.3 Å². The van der Waals surface area contributed by atoms with E-state index in [-0.39, 0.29) is 10.8 Å². The van der Waals surface area contributed by atoms with E-state index < -0.39 is 16.1 Å². The Balaban J connectivity index is 1.62. The SMILES string of the molecule is C[C@@H](Oc1ccc(S(=O)(=O)N2CCOCC2)cc1)C(=O)Nc1cccc(C#N)c1. The highest BCUT2D eigenvalue weighted by molar-refractivity contribution is 7.89. The molecule has 1 heterocycles. The number of nitrogens with one attached hydrogen (secondary N) is 1. The second-order valence-electron chi connectivity index (χ2n) is 6.43. The Labute approximate surface area is 169 Å². The Hall–Kier alpha value is -2.93. The van der Waals surface area contributed by atoms with Crippen molar-refractivity contribution in [1.82, 2.24) is 4.31 Å². The molecule has 2 aromatic carbocycles. The minimum atomic E-state index is -3.58. The maximum Gasteiger partial charge on any atom is 0.265 e. The van der Waals surface area contributed by atoms with Crippen LogP contribution in [0.4, 0.5) is 5.69 Å². The van der Waals surface area contributed by atoms with Gasteiger partial charge in [-0.25, -0.2) is 8.42 Å². The van der Waals surface area contributed by atoms with Crippen molar-refractivity contribution in [3.8, 4) is 11.8 Å². The number of carbonyl (C=O) groups excluding carboxylic acids is 1. The average Bonchev–Trinajstić information content (AvgIpc) is 2.75. The van der Waals surface area contributed by atoms with Gasteiger partial charge in [0, 0.05) is 18.8 Å². The number of hydrogen-bond donors (Lipinski definition) is 1.